The van der Waals surface area contributed by atoms with E-state index >= 15 is 0 Å². The van der Waals surface area contributed by atoms with Crippen molar-refractivity contribution in [2.45, 2.75) is 70.4 Å². The molecule has 1 aliphatic carbocycles. The highest BCUT2D eigenvalue weighted by atomic mass is 16.2. The summed E-state index contributed by atoms with van der Waals surface area (Å²) >= 11 is 0. The van der Waals surface area contributed by atoms with Gasteiger partial charge in [-0.1, -0.05) is 32.1 Å². The van der Waals surface area contributed by atoms with Gasteiger partial charge in [-0.2, -0.15) is 0 Å². The molecule has 1 fully saturated rings. The zero-order valence-electron chi connectivity index (χ0n) is 11.2. The Labute approximate surface area is 105 Å². The summed E-state index contributed by atoms with van der Waals surface area (Å²) in [5.74, 6) is 0. The fourth-order valence-corrected chi connectivity index (χ4v) is 2.50. The van der Waals surface area contributed by atoms with Gasteiger partial charge in [0, 0.05) is 12.6 Å². The molecule has 0 spiro atoms. The molecule has 1 aliphatic rings. The molecule has 0 aromatic rings. The minimum Gasteiger partial charge on any atom is -0.336 e. The van der Waals surface area contributed by atoms with Gasteiger partial charge in [0.2, 0.25) is 0 Å². The molecule has 0 aromatic carbocycles. The lowest BCUT2D eigenvalue weighted by Gasteiger charge is -2.35. The second-order valence-electron chi connectivity index (χ2n) is 5.51. The Balaban J connectivity index is 2.55. The molecular formula is C13H27N3O. The number of rotatable bonds is 3. The van der Waals surface area contributed by atoms with Gasteiger partial charge in [-0.15, -0.1) is 0 Å². The van der Waals surface area contributed by atoms with Gasteiger partial charge in [-0.25, -0.2) is 4.79 Å². The average Bonchev–Trinajstić information content (AvgIpc) is 2.21. The Hall–Kier alpha value is -0.770. The highest BCUT2D eigenvalue weighted by Crippen LogP contribution is 2.25. The molecule has 1 saturated carbocycles. The Morgan fingerprint density at radius 3 is 2.18 bits per heavy atom. The monoisotopic (exact) mass is 241 g/mol. The number of hydrogen-bond donors (Lipinski definition) is 3. The molecular weight excluding hydrogens is 214 g/mol. The first-order valence-corrected chi connectivity index (χ1v) is 6.87. The van der Waals surface area contributed by atoms with Crippen molar-refractivity contribution in [2.24, 2.45) is 5.73 Å². The maximum atomic E-state index is 11.8. The van der Waals surface area contributed by atoms with Crippen molar-refractivity contribution in [2.75, 3.05) is 6.54 Å². The molecule has 17 heavy (non-hydrogen) atoms. The van der Waals surface area contributed by atoms with Crippen molar-refractivity contribution in [3.05, 3.63) is 0 Å². The molecule has 0 atom stereocenters. The van der Waals surface area contributed by atoms with Crippen LogP contribution >= 0.6 is 0 Å². The number of urea groups is 1. The summed E-state index contributed by atoms with van der Waals surface area (Å²) in [7, 11) is 0. The summed E-state index contributed by atoms with van der Waals surface area (Å²) in [4.78, 5) is 11.8. The third-order valence-corrected chi connectivity index (χ3v) is 3.50. The first kappa shape index (κ1) is 14.3. The van der Waals surface area contributed by atoms with Gasteiger partial charge in [0.15, 0.2) is 0 Å². The Kier molecular flexibility index (Phi) is 5.75. The van der Waals surface area contributed by atoms with Gasteiger partial charge in [0.25, 0.3) is 0 Å². The van der Waals surface area contributed by atoms with E-state index in [1.54, 1.807) is 0 Å². The van der Waals surface area contributed by atoms with Crippen molar-refractivity contribution in [1.82, 2.24) is 10.6 Å². The van der Waals surface area contributed by atoms with Crippen molar-refractivity contribution < 1.29 is 4.79 Å². The van der Waals surface area contributed by atoms with Crippen molar-refractivity contribution in [3.63, 3.8) is 0 Å². The highest BCUT2D eigenvalue weighted by molar-refractivity contribution is 5.75. The van der Waals surface area contributed by atoms with E-state index in [-0.39, 0.29) is 17.6 Å². The molecule has 0 radical (unpaired) electrons. The largest absolute Gasteiger partial charge is 0.336 e. The zero-order chi connectivity index (χ0) is 12.7. The Morgan fingerprint density at radius 1 is 1.18 bits per heavy atom. The maximum Gasteiger partial charge on any atom is 0.315 e. The van der Waals surface area contributed by atoms with Crippen LogP contribution in [-0.2, 0) is 0 Å². The predicted octanol–water partition coefficient (Wildman–Crippen LogP) is 2.14. The first-order valence-electron chi connectivity index (χ1n) is 6.87. The molecule has 4 heteroatoms. The number of carbonyl (C=O) groups excluding carboxylic acids is 1. The lowest BCUT2D eigenvalue weighted by Crippen LogP contribution is -2.57. The van der Waals surface area contributed by atoms with Gasteiger partial charge in [0.1, 0.15) is 0 Å². The van der Waals surface area contributed by atoms with Gasteiger partial charge >= 0.3 is 6.03 Å². The van der Waals surface area contributed by atoms with Gasteiger partial charge in [-0.3, -0.25) is 0 Å². The van der Waals surface area contributed by atoms with E-state index in [9.17, 15) is 4.79 Å². The van der Waals surface area contributed by atoms with Crippen LogP contribution in [0.15, 0.2) is 0 Å². The summed E-state index contributed by atoms with van der Waals surface area (Å²) in [6.07, 6.45) is 8.19. The summed E-state index contributed by atoms with van der Waals surface area (Å²) in [6.45, 7) is 4.47. The van der Waals surface area contributed by atoms with Crippen LogP contribution in [0.2, 0.25) is 0 Å². The summed E-state index contributed by atoms with van der Waals surface area (Å²) < 4.78 is 0. The molecule has 100 valence electrons. The topological polar surface area (TPSA) is 67.2 Å². The van der Waals surface area contributed by atoms with Crippen LogP contribution in [0.4, 0.5) is 4.79 Å². The van der Waals surface area contributed by atoms with E-state index in [1.807, 2.05) is 13.8 Å². The van der Waals surface area contributed by atoms with Gasteiger partial charge < -0.3 is 16.4 Å². The maximum absolute atomic E-state index is 11.8. The van der Waals surface area contributed by atoms with Crippen molar-refractivity contribution in [3.8, 4) is 0 Å². The molecule has 0 aliphatic heterocycles. The quantitative estimate of drug-likeness (QED) is 0.708. The van der Waals surface area contributed by atoms with E-state index in [4.69, 9.17) is 5.73 Å². The van der Waals surface area contributed by atoms with Gasteiger partial charge in [-0.05, 0) is 26.7 Å². The minimum atomic E-state index is -0.181. The third-order valence-electron chi connectivity index (χ3n) is 3.50. The van der Waals surface area contributed by atoms with Crippen LogP contribution in [-0.4, -0.2) is 24.2 Å². The van der Waals surface area contributed by atoms with Crippen molar-refractivity contribution >= 4 is 6.03 Å². The molecule has 0 bridgehead atoms. The summed E-state index contributed by atoms with van der Waals surface area (Å²) in [5, 5.41) is 5.99. The number of nitrogens with two attached hydrogens (primary N) is 1. The molecule has 0 saturated heterocycles. The lowest BCUT2D eigenvalue weighted by molar-refractivity contribution is 0.209. The molecule has 4 N–H and O–H groups in total. The fraction of sp³-hybridized carbons (Fsp3) is 0.923. The number of amides is 2. The van der Waals surface area contributed by atoms with E-state index in [2.05, 4.69) is 10.6 Å². The second-order valence-corrected chi connectivity index (χ2v) is 5.51. The second kappa shape index (κ2) is 6.84. The number of hydrogen-bond acceptors (Lipinski definition) is 2. The lowest BCUT2D eigenvalue weighted by atomic mass is 9.84. The number of carbonyl (C=O) groups is 1. The smallest absolute Gasteiger partial charge is 0.315 e. The van der Waals surface area contributed by atoms with Crippen LogP contribution in [0.1, 0.15) is 58.8 Å². The molecule has 0 heterocycles. The van der Waals surface area contributed by atoms with Crippen molar-refractivity contribution in [1.29, 1.82) is 0 Å². The molecule has 1 rings (SSSR count). The Morgan fingerprint density at radius 2 is 1.71 bits per heavy atom. The van der Waals surface area contributed by atoms with Crippen LogP contribution in [0.3, 0.4) is 0 Å². The van der Waals surface area contributed by atoms with E-state index in [0.29, 0.717) is 6.54 Å². The van der Waals surface area contributed by atoms with Crippen LogP contribution in [0, 0.1) is 0 Å². The zero-order valence-corrected chi connectivity index (χ0v) is 11.2. The summed E-state index contributed by atoms with van der Waals surface area (Å²) in [5.41, 5.74) is 5.71. The van der Waals surface area contributed by atoms with E-state index < -0.39 is 0 Å². The van der Waals surface area contributed by atoms with Crippen LogP contribution in [0.5, 0.6) is 0 Å². The average molecular weight is 241 g/mol. The predicted molar refractivity (Wildman–Crippen MR) is 70.9 cm³/mol. The number of nitrogens with one attached hydrogen (secondary N) is 2. The van der Waals surface area contributed by atoms with E-state index in [0.717, 1.165) is 12.8 Å². The van der Waals surface area contributed by atoms with E-state index in [1.165, 1.54) is 32.1 Å². The molecule has 0 unspecified atom stereocenters. The summed E-state index contributed by atoms with van der Waals surface area (Å²) in [6, 6.07) is 0.0874. The van der Waals surface area contributed by atoms with Gasteiger partial charge in [0.05, 0.1) is 5.54 Å². The SMILES string of the molecule is CC(C)NC(=O)NC1(CN)CCCCCCC1. The minimum absolute atomic E-state index is 0.0778. The third kappa shape index (κ3) is 4.94. The highest BCUT2D eigenvalue weighted by Gasteiger charge is 2.30. The molecule has 4 nitrogen and oxygen atoms in total. The normalized spacial score (nSPS) is 20.5. The standard InChI is InChI=1S/C13H27N3O/c1-11(2)15-12(17)16-13(10-14)8-6-4-3-5-7-9-13/h11H,3-10,14H2,1-2H3,(H2,15,16,17). The van der Waals surface area contributed by atoms with Crippen LogP contribution < -0.4 is 16.4 Å². The fourth-order valence-electron chi connectivity index (χ4n) is 2.50. The first-order chi connectivity index (χ1) is 8.08. The van der Waals surface area contributed by atoms with Crippen LogP contribution in [0.25, 0.3) is 0 Å². The Bertz CT molecular complexity index is 233. The molecule has 0 aromatic heterocycles. The molecule has 2 amide bonds.